The van der Waals surface area contributed by atoms with Gasteiger partial charge in [-0.05, 0) is 6.07 Å². The smallest absolute Gasteiger partial charge is 0.294 e. The molecule has 1 aromatic carbocycles. The molecule has 0 bridgehead atoms. The van der Waals surface area contributed by atoms with Crippen molar-refractivity contribution in [3.63, 3.8) is 0 Å². The van der Waals surface area contributed by atoms with E-state index in [0.717, 1.165) is 0 Å². The molecule has 0 saturated heterocycles. The Balaban J connectivity index is 2.21. The minimum atomic E-state index is -0.621. The fourth-order valence-corrected chi connectivity index (χ4v) is 1.63. The summed E-state index contributed by atoms with van der Waals surface area (Å²) < 4.78 is 4.63. The molecule has 0 saturated carbocycles. The van der Waals surface area contributed by atoms with Crippen LogP contribution in [-0.4, -0.2) is 16.0 Å². The molecule has 0 aliphatic rings. The molecule has 2 rings (SSSR count). The fourth-order valence-electron chi connectivity index (χ4n) is 1.63. The fraction of sp³-hybridized carbons (Fsp3) is 0.0909. The molecule has 0 aliphatic heterocycles. The van der Waals surface area contributed by atoms with Crippen molar-refractivity contribution in [2.75, 3.05) is 5.43 Å². The van der Waals surface area contributed by atoms with E-state index in [-0.39, 0.29) is 23.5 Å². The summed E-state index contributed by atoms with van der Waals surface area (Å²) in [4.78, 5) is 22.2. The van der Waals surface area contributed by atoms with Crippen molar-refractivity contribution in [2.45, 2.75) is 6.54 Å². The highest BCUT2D eigenvalue weighted by molar-refractivity contribution is 6.01. The first-order valence-electron chi connectivity index (χ1n) is 5.55. The van der Waals surface area contributed by atoms with Crippen LogP contribution in [0.4, 0.5) is 11.4 Å². The number of rotatable bonds is 5. The van der Waals surface area contributed by atoms with E-state index in [0.29, 0.717) is 5.69 Å². The summed E-state index contributed by atoms with van der Waals surface area (Å²) in [5.74, 6) is 4.75. The van der Waals surface area contributed by atoms with E-state index in [9.17, 15) is 14.9 Å². The van der Waals surface area contributed by atoms with Crippen LogP contribution in [0.25, 0.3) is 0 Å². The van der Waals surface area contributed by atoms with Crippen molar-refractivity contribution >= 4 is 17.3 Å². The van der Waals surface area contributed by atoms with Gasteiger partial charge in [-0.1, -0.05) is 11.2 Å². The second-order valence-electron chi connectivity index (χ2n) is 3.77. The van der Waals surface area contributed by atoms with Crippen LogP contribution in [0.5, 0.6) is 0 Å². The Labute approximate surface area is 112 Å². The van der Waals surface area contributed by atoms with E-state index in [1.807, 2.05) is 0 Å². The maximum atomic E-state index is 12.0. The molecule has 0 fully saturated rings. The first-order chi connectivity index (χ1) is 9.63. The Morgan fingerprint density at radius 3 is 2.85 bits per heavy atom. The quantitative estimate of drug-likeness (QED) is 0.417. The lowest BCUT2D eigenvalue weighted by Gasteiger charge is -2.09. The molecule has 9 nitrogen and oxygen atoms in total. The Bertz CT molecular complexity index is 626. The number of nitro benzene ring substituents is 1. The molecule has 1 aromatic heterocycles. The highest BCUT2D eigenvalue weighted by Crippen LogP contribution is 2.27. The van der Waals surface area contributed by atoms with Crippen LogP contribution in [0.1, 0.15) is 16.1 Å². The molecule has 104 valence electrons. The van der Waals surface area contributed by atoms with E-state index in [2.05, 4.69) is 20.4 Å². The minimum absolute atomic E-state index is 0.0462. The average Bonchev–Trinajstić information content (AvgIpc) is 2.97. The zero-order valence-electron chi connectivity index (χ0n) is 10.2. The summed E-state index contributed by atoms with van der Waals surface area (Å²) in [6.45, 7) is 0.141. The van der Waals surface area contributed by atoms with Gasteiger partial charge in [-0.15, -0.1) is 0 Å². The van der Waals surface area contributed by atoms with Gasteiger partial charge in [-0.25, -0.2) is 0 Å². The molecule has 0 atom stereocenters. The van der Waals surface area contributed by atoms with Crippen LogP contribution in [0.2, 0.25) is 0 Å². The van der Waals surface area contributed by atoms with Crippen molar-refractivity contribution < 1.29 is 14.2 Å². The number of para-hydroxylation sites is 1. The van der Waals surface area contributed by atoms with Gasteiger partial charge in [0, 0.05) is 12.1 Å². The van der Waals surface area contributed by atoms with E-state index >= 15 is 0 Å². The molecule has 0 aliphatic carbocycles. The lowest BCUT2D eigenvalue weighted by molar-refractivity contribution is -0.384. The third-order valence-corrected chi connectivity index (χ3v) is 2.55. The van der Waals surface area contributed by atoms with E-state index in [1.54, 1.807) is 6.07 Å². The molecule has 20 heavy (non-hydrogen) atoms. The van der Waals surface area contributed by atoms with Crippen molar-refractivity contribution in [2.24, 2.45) is 5.84 Å². The van der Waals surface area contributed by atoms with E-state index < -0.39 is 10.8 Å². The van der Waals surface area contributed by atoms with Crippen LogP contribution in [-0.2, 0) is 6.54 Å². The first kappa shape index (κ1) is 13.5. The predicted octanol–water partition coefficient (Wildman–Crippen LogP) is 0.798. The van der Waals surface area contributed by atoms with Gasteiger partial charge >= 0.3 is 0 Å². The van der Waals surface area contributed by atoms with Crippen LogP contribution in [0.3, 0.4) is 0 Å². The number of amides is 1. The summed E-state index contributed by atoms with van der Waals surface area (Å²) in [5, 5.41) is 17.1. The summed E-state index contributed by atoms with van der Waals surface area (Å²) in [7, 11) is 0. The third kappa shape index (κ3) is 2.72. The predicted molar refractivity (Wildman–Crippen MR) is 68.6 cm³/mol. The number of benzene rings is 1. The number of hydrogen-bond donors (Lipinski definition) is 3. The van der Waals surface area contributed by atoms with E-state index in [4.69, 9.17) is 5.84 Å². The Kier molecular flexibility index (Phi) is 3.91. The van der Waals surface area contributed by atoms with E-state index in [1.165, 1.54) is 24.5 Å². The number of nitrogens with one attached hydrogen (secondary N) is 2. The zero-order chi connectivity index (χ0) is 14.5. The Morgan fingerprint density at radius 2 is 2.25 bits per heavy atom. The van der Waals surface area contributed by atoms with Crippen LogP contribution in [0.15, 0.2) is 35.1 Å². The van der Waals surface area contributed by atoms with Crippen LogP contribution in [0, 0.1) is 10.1 Å². The topological polar surface area (TPSA) is 136 Å². The van der Waals surface area contributed by atoms with Gasteiger partial charge in [0.1, 0.15) is 17.6 Å². The number of aromatic nitrogens is 1. The number of nitrogens with two attached hydrogens (primary N) is 1. The third-order valence-electron chi connectivity index (χ3n) is 2.55. The summed E-state index contributed by atoms with van der Waals surface area (Å²) >= 11 is 0. The number of carbonyl (C=O) groups excluding carboxylic acids is 1. The lowest BCUT2D eigenvalue weighted by atomic mass is 10.1. The summed E-state index contributed by atoms with van der Waals surface area (Å²) in [6.07, 6.45) is 1.38. The summed E-state index contributed by atoms with van der Waals surface area (Å²) in [5.41, 5.74) is 2.47. The van der Waals surface area contributed by atoms with Gasteiger partial charge in [0.2, 0.25) is 0 Å². The number of carbonyl (C=O) groups is 1. The molecule has 0 radical (unpaired) electrons. The number of hydrogen-bond acceptors (Lipinski definition) is 7. The average molecular weight is 277 g/mol. The normalized spacial score (nSPS) is 10.1. The number of nitrogens with zero attached hydrogens (tertiary/aromatic N) is 2. The molecule has 9 heteroatoms. The number of nitro groups is 1. The maximum absolute atomic E-state index is 12.0. The molecule has 2 aromatic rings. The summed E-state index contributed by atoms with van der Waals surface area (Å²) in [6, 6.07) is 5.68. The van der Waals surface area contributed by atoms with Crippen LogP contribution < -0.4 is 16.6 Å². The van der Waals surface area contributed by atoms with Crippen molar-refractivity contribution in [1.29, 1.82) is 0 Å². The zero-order valence-corrected chi connectivity index (χ0v) is 10.2. The molecular formula is C11H11N5O4. The number of nitrogen functional groups attached to an aromatic ring is 1. The van der Waals surface area contributed by atoms with Gasteiger partial charge < -0.3 is 15.3 Å². The maximum Gasteiger partial charge on any atom is 0.294 e. The Morgan fingerprint density at radius 1 is 1.45 bits per heavy atom. The molecule has 0 unspecified atom stereocenters. The highest BCUT2D eigenvalue weighted by Gasteiger charge is 2.20. The second kappa shape index (κ2) is 5.80. The molecule has 1 heterocycles. The Hall–Kier alpha value is -2.94. The van der Waals surface area contributed by atoms with Crippen LogP contribution >= 0.6 is 0 Å². The van der Waals surface area contributed by atoms with Crippen molar-refractivity contribution in [1.82, 2.24) is 10.5 Å². The van der Waals surface area contributed by atoms with Gasteiger partial charge in [0.15, 0.2) is 0 Å². The highest BCUT2D eigenvalue weighted by atomic mass is 16.6. The van der Waals surface area contributed by atoms with Gasteiger partial charge in [-0.2, -0.15) is 0 Å². The van der Waals surface area contributed by atoms with Gasteiger partial charge in [0.25, 0.3) is 11.6 Å². The molecule has 4 N–H and O–H groups in total. The number of hydrazine groups is 1. The molecular weight excluding hydrogens is 266 g/mol. The molecule has 0 spiro atoms. The standard InChI is InChI=1S/C11H11N5O4/c12-14-10-8(2-1-3-9(10)16(18)19)11(17)13-6-7-4-5-20-15-7/h1-5,14H,6,12H2,(H,13,17). The van der Waals surface area contributed by atoms with Gasteiger partial charge in [-0.3, -0.25) is 20.8 Å². The first-order valence-corrected chi connectivity index (χ1v) is 5.55. The minimum Gasteiger partial charge on any atom is -0.364 e. The second-order valence-corrected chi connectivity index (χ2v) is 3.77. The largest absolute Gasteiger partial charge is 0.364 e. The number of anilines is 1. The van der Waals surface area contributed by atoms with Crippen molar-refractivity contribution in [3.05, 3.63) is 51.9 Å². The van der Waals surface area contributed by atoms with Gasteiger partial charge in [0.05, 0.1) is 17.0 Å². The lowest BCUT2D eigenvalue weighted by Crippen LogP contribution is -2.25. The monoisotopic (exact) mass is 277 g/mol. The molecule has 1 amide bonds. The van der Waals surface area contributed by atoms with Crippen molar-refractivity contribution in [3.8, 4) is 0 Å². The SMILES string of the molecule is NNc1c(C(=O)NCc2ccon2)cccc1[N+](=O)[O-].